The number of nitrogen functional groups attached to an aromatic ring is 1. The summed E-state index contributed by atoms with van der Waals surface area (Å²) in [6.07, 6.45) is 0. The van der Waals surface area contributed by atoms with Crippen LogP contribution < -0.4 is 11.2 Å². The number of hydrogen-bond acceptors (Lipinski definition) is 5. The first-order valence-corrected chi connectivity index (χ1v) is 9.78. The number of benzene rings is 3. The van der Waals surface area contributed by atoms with Gasteiger partial charge in [0.2, 0.25) is 11.1 Å². The van der Waals surface area contributed by atoms with Gasteiger partial charge in [0.1, 0.15) is 0 Å². The standard InChI is InChI=1S/C21H19N5OS/c1-14-6-2-5-9-18(14)20-24-25-21(26(20)22)28-13-19(27)23-17-11-10-15-7-3-4-8-16(15)12-17/h2-12H,13,22H2,1H3,(H,23,27). The van der Waals surface area contributed by atoms with Crippen molar-refractivity contribution in [3.63, 3.8) is 0 Å². The zero-order valence-electron chi connectivity index (χ0n) is 15.3. The van der Waals surface area contributed by atoms with E-state index < -0.39 is 0 Å². The Morgan fingerprint density at radius 2 is 1.79 bits per heavy atom. The van der Waals surface area contributed by atoms with Crippen molar-refractivity contribution >= 4 is 34.1 Å². The van der Waals surface area contributed by atoms with Crippen LogP contribution in [0.5, 0.6) is 0 Å². The third-order valence-electron chi connectivity index (χ3n) is 4.42. The molecular formula is C21H19N5OS. The number of fused-ring (bicyclic) bond motifs is 1. The van der Waals surface area contributed by atoms with Gasteiger partial charge >= 0.3 is 0 Å². The van der Waals surface area contributed by atoms with E-state index in [2.05, 4.69) is 15.5 Å². The van der Waals surface area contributed by atoms with Gasteiger partial charge in [-0.15, -0.1) is 10.2 Å². The lowest BCUT2D eigenvalue weighted by Crippen LogP contribution is -2.16. The number of rotatable bonds is 5. The number of hydrogen-bond donors (Lipinski definition) is 2. The van der Waals surface area contributed by atoms with E-state index in [1.807, 2.05) is 73.7 Å². The molecule has 1 heterocycles. The fraction of sp³-hybridized carbons (Fsp3) is 0.0952. The third-order valence-corrected chi connectivity index (χ3v) is 5.36. The van der Waals surface area contributed by atoms with Crippen LogP contribution in [0.4, 0.5) is 5.69 Å². The second-order valence-electron chi connectivity index (χ2n) is 6.39. The maximum absolute atomic E-state index is 12.3. The Morgan fingerprint density at radius 1 is 1.04 bits per heavy atom. The molecule has 0 radical (unpaired) electrons. The lowest BCUT2D eigenvalue weighted by molar-refractivity contribution is -0.113. The Kier molecular flexibility index (Phi) is 4.99. The highest BCUT2D eigenvalue weighted by molar-refractivity contribution is 7.99. The molecule has 0 unspecified atom stereocenters. The van der Waals surface area contributed by atoms with E-state index in [9.17, 15) is 4.79 Å². The minimum atomic E-state index is -0.124. The van der Waals surface area contributed by atoms with Crippen LogP contribution in [0.25, 0.3) is 22.2 Å². The number of aryl methyl sites for hydroxylation is 1. The van der Waals surface area contributed by atoms with Gasteiger partial charge in [0, 0.05) is 11.3 Å². The molecule has 28 heavy (non-hydrogen) atoms. The molecule has 3 aromatic carbocycles. The second kappa shape index (κ2) is 7.74. The summed E-state index contributed by atoms with van der Waals surface area (Å²) in [5.74, 6) is 6.79. The maximum atomic E-state index is 12.3. The molecule has 3 N–H and O–H groups in total. The minimum absolute atomic E-state index is 0.124. The van der Waals surface area contributed by atoms with Gasteiger partial charge in [0.15, 0.2) is 5.82 Å². The Labute approximate surface area is 166 Å². The van der Waals surface area contributed by atoms with Crippen LogP contribution in [-0.4, -0.2) is 26.5 Å². The number of aromatic nitrogens is 3. The molecule has 0 fully saturated rings. The van der Waals surface area contributed by atoms with Crippen LogP contribution in [0.3, 0.4) is 0 Å². The van der Waals surface area contributed by atoms with Crippen molar-refractivity contribution < 1.29 is 4.79 Å². The highest BCUT2D eigenvalue weighted by atomic mass is 32.2. The van der Waals surface area contributed by atoms with E-state index in [0.717, 1.165) is 27.6 Å². The van der Waals surface area contributed by atoms with Crippen LogP contribution in [0.2, 0.25) is 0 Å². The summed E-state index contributed by atoms with van der Waals surface area (Å²) in [5, 5.41) is 13.9. The van der Waals surface area contributed by atoms with Gasteiger partial charge in [-0.3, -0.25) is 4.79 Å². The molecule has 1 amide bonds. The molecule has 0 saturated carbocycles. The van der Waals surface area contributed by atoms with Crippen molar-refractivity contribution in [1.29, 1.82) is 0 Å². The molecule has 0 bridgehead atoms. The lowest BCUT2D eigenvalue weighted by atomic mass is 10.1. The summed E-state index contributed by atoms with van der Waals surface area (Å²) in [6, 6.07) is 21.7. The monoisotopic (exact) mass is 389 g/mol. The molecule has 6 nitrogen and oxygen atoms in total. The average Bonchev–Trinajstić information content (AvgIpc) is 3.07. The molecule has 0 aliphatic carbocycles. The molecule has 1 aromatic heterocycles. The molecule has 140 valence electrons. The van der Waals surface area contributed by atoms with E-state index in [0.29, 0.717) is 11.0 Å². The molecule has 4 rings (SSSR count). The largest absolute Gasteiger partial charge is 0.335 e. The smallest absolute Gasteiger partial charge is 0.234 e. The fourth-order valence-electron chi connectivity index (χ4n) is 2.98. The van der Waals surface area contributed by atoms with Gasteiger partial charge in [-0.2, -0.15) is 0 Å². The maximum Gasteiger partial charge on any atom is 0.234 e. The van der Waals surface area contributed by atoms with Gasteiger partial charge in [-0.1, -0.05) is 66.4 Å². The second-order valence-corrected chi connectivity index (χ2v) is 7.33. The van der Waals surface area contributed by atoms with E-state index in [4.69, 9.17) is 5.84 Å². The van der Waals surface area contributed by atoms with Gasteiger partial charge < -0.3 is 11.2 Å². The number of nitrogens with one attached hydrogen (secondary N) is 1. The number of carbonyl (C=O) groups excluding carboxylic acids is 1. The number of thioether (sulfide) groups is 1. The van der Waals surface area contributed by atoms with Crippen LogP contribution >= 0.6 is 11.8 Å². The molecular weight excluding hydrogens is 370 g/mol. The SMILES string of the molecule is Cc1ccccc1-c1nnc(SCC(=O)Nc2ccc3ccccc3c2)n1N. The first kappa shape index (κ1) is 18.1. The molecule has 0 spiro atoms. The van der Waals surface area contributed by atoms with Gasteiger partial charge in [0.25, 0.3) is 0 Å². The lowest BCUT2D eigenvalue weighted by Gasteiger charge is -2.07. The Hall–Kier alpha value is -3.32. The summed E-state index contributed by atoms with van der Waals surface area (Å²) in [6.45, 7) is 1.99. The molecule has 0 atom stereocenters. The number of nitrogens with zero attached hydrogens (tertiary/aromatic N) is 3. The number of amides is 1. The van der Waals surface area contributed by atoms with E-state index in [1.54, 1.807) is 0 Å². The van der Waals surface area contributed by atoms with Gasteiger partial charge in [0.05, 0.1) is 5.75 Å². The Balaban J connectivity index is 1.43. The van der Waals surface area contributed by atoms with E-state index in [1.165, 1.54) is 16.4 Å². The van der Waals surface area contributed by atoms with Crippen molar-refractivity contribution in [3.05, 3.63) is 72.3 Å². The van der Waals surface area contributed by atoms with E-state index in [-0.39, 0.29) is 11.7 Å². The highest BCUT2D eigenvalue weighted by Crippen LogP contribution is 2.24. The zero-order valence-corrected chi connectivity index (χ0v) is 16.1. The van der Waals surface area contributed by atoms with Gasteiger partial charge in [-0.25, -0.2) is 4.68 Å². The first-order valence-electron chi connectivity index (χ1n) is 8.80. The topological polar surface area (TPSA) is 85.8 Å². The zero-order chi connectivity index (χ0) is 19.5. The first-order chi connectivity index (χ1) is 13.6. The highest BCUT2D eigenvalue weighted by Gasteiger charge is 2.15. The number of nitrogens with two attached hydrogens (primary N) is 1. The van der Waals surface area contributed by atoms with Crippen LogP contribution in [0.1, 0.15) is 5.56 Å². The van der Waals surface area contributed by atoms with Crippen molar-refractivity contribution in [1.82, 2.24) is 14.9 Å². The van der Waals surface area contributed by atoms with Crippen molar-refractivity contribution in [3.8, 4) is 11.4 Å². The van der Waals surface area contributed by atoms with Crippen molar-refractivity contribution in [2.24, 2.45) is 0 Å². The summed E-state index contributed by atoms with van der Waals surface area (Å²) in [5.41, 5.74) is 2.75. The van der Waals surface area contributed by atoms with Gasteiger partial charge in [-0.05, 0) is 35.4 Å². The fourth-order valence-corrected chi connectivity index (χ4v) is 3.63. The normalized spacial score (nSPS) is 10.9. The van der Waals surface area contributed by atoms with Crippen molar-refractivity contribution in [2.45, 2.75) is 12.1 Å². The third kappa shape index (κ3) is 3.70. The summed E-state index contributed by atoms with van der Waals surface area (Å²) < 4.78 is 1.43. The quantitative estimate of drug-likeness (QED) is 0.400. The molecule has 7 heteroatoms. The minimum Gasteiger partial charge on any atom is -0.335 e. The predicted molar refractivity (Wildman–Crippen MR) is 114 cm³/mol. The number of anilines is 1. The van der Waals surface area contributed by atoms with Crippen molar-refractivity contribution in [2.75, 3.05) is 16.9 Å². The Morgan fingerprint density at radius 3 is 2.61 bits per heavy atom. The molecule has 0 aliphatic rings. The summed E-state index contributed by atoms with van der Waals surface area (Å²) in [4.78, 5) is 12.3. The van der Waals surface area contributed by atoms with Crippen LogP contribution in [0, 0.1) is 6.92 Å². The predicted octanol–water partition coefficient (Wildman–Crippen LogP) is 3.85. The molecule has 4 aromatic rings. The van der Waals surface area contributed by atoms with Crippen LogP contribution in [0.15, 0.2) is 71.9 Å². The number of carbonyl (C=O) groups is 1. The Bertz CT molecular complexity index is 1150. The molecule has 0 aliphatic heterocycles. The van der Waals surface area contributed by atoms with Crippen LogP contribution in [-0.2, 0) is 4.79 Å². The van der Waals surface area contributed by atoms with E-state index >= 15 is 0 Å². The molecule has 0 saturated heterocycles. The average molecular weight is 389 g/mol. The summed E-state index contributed by atoms with van der Waals surface area (Å²) in [7, 11) is 0. The summed E-state index contributed by atoms with van der Waals surface area (Å²) >= 11 is 1.25.